The van der Waals surface area contributed by atoms with E-state index in [1.54, 1.807) is 6.07 Å². The highest BCUT2D eigenvalue weighted by atomic mass is 19.1. The molecule has 0 radical (unpaired) electrons. The number of benzene rings is 2. The van der Waals surface area contributed by atoms with Crippen molar-refractivity contribution >= 4 is 11.6 Å². The Kier molecular flexibility index (Phi) is 3.14. The van der Waals surface area contributed by atoms with Crippen LogP contribution >= 0.6 is 0 Å². The third kappa shape index (κ3) is 2.66. The fraction of sp³-hybridized carbons (Fsp3) is 0. The van der Waals surface area contributed by atoms with Crippen LogP contribution in [-0.4, -0.2) is 5.91 Å². The number of rotatable bonds is 2. The Morgan fingerprint density at radius 2 is 1.76 bits per heavy atom. The number of halogens is 2. The van der Waals surface area contributed by atoms with Gasteiger partial charge in [0, 0.05) is 5.56 Å². The molecule has 0 bridgehead atoms. The molecule has 2 aromatic rings. The molecule has 0 fully saturated rings. The van der Waals surface area contributed by atoms with Crippen LogP contribution in [0, 0.1) is 11.6 Å². The van der Waals surface area contributed by atoms with E-state index in [0.29, 0.717) is 0 Å². The molecular formula is C13H9F2NO. The second-order valence-corrected chi connectivity index (χ2v) is 3.44. The van der Waals surface area contributed by atoms with Crippen LogP contribution in [0.3, 0.4) is 0 Å². The molecular weight excluding hydrogens is 224 g/mol. The number of hydrogen-bond acceptors (Lipinski definition) is 1. The number of nitrogens with one attached hydrogen (secondary N) is 1. The molecule has 2 aromatic carbocycles. The fourth-order valence-electron chi connectivity index (χ4n) is 1.39. The highest BCUT2D eigenvalue weighted by molar-refractivity contribution is 6.04. The molecule has 0 spiro atoms. The summed E-state index contributed by atoms with van der Waals surface area (Å²) in [5, 5.41) is 2.37. The smallest absolute Gasteiger partial charge is 0.255 e. The number of carbonyl (C=O) groups excluding carboxylic acids is 1. The van der Waals surface area contributed by atoms with Gasteiger partial charge in [0.15, 0.2) is 0 Å². The normalized spacial score (nSPS) is 10.0. The van der Waals surface area contributed by atoms with Crippen LogP contribution in [0.1, 0.15) is 10.4 Å². The van der Waals surface area contributed by atoms with Gasteiger partial charge < -0.3 is 5.32 Å². The minimum absolute atomic E-state index is 0.0711. The maximum absolute atomic E-state index is 13.3. The van der Waals surface area contributed by atoms with E-state index in [2.05, 4.69) is 5.32 Å². The van der Waals surface area contributed by atoms with Gasteiger partial charge >= 0.3 is 0 Å². The molecule has 0 aliphatic rings. The van der Waals surface area contributed by atoms with Crippen LogP contribution in [0.5, 0.6) is 0 Å². The van der Waals surface area contributed by atoms with Crippen molar-refractivity contribution in [2.24, 2.45) is 0 Å². The van der Waals surface area contributed by atoms with Crippen LogP contribution in [0.4, 0.5) is 14.5 Å². The molecule has 0 saturated carbocycles. The zero-order chi connectivity index (χ0) is 12.3. The average Bonchev–Trinajstić information content (AvgIpc) is 2.32. The molecule has 2 rings (SSSR count). The first-order valence-corrected chi connectivity index (χ1v) is 4.98. The number of hydrogen-bond donors (Lipinski definition) is 1. The topological polar surface area (TPSA) is 29.1 Å². The molecule has 86 valence electrons. The predicted molar refractivity (Wildman–Crippen MR) is 60.8 cm³/mol. The Balaban J connectivity index is 2.20. The lowest BCUT2D eigenvalue weighted by Gasteiger charge is -2.05. The highest BCUT2D eigenvalue weighted by Crippen LogP contribution is 2.14. The Labute approximate surface area is 96.9 Å². The zero-order valence-corrected chi connectivity index (χ0v) is 8.78. The second kappa shape index (κ2) is 4.74. The average molecular weight is 233 g/mol. The van der Waals surface area contributed by atoms with Gasteiger partial charge in [0.1, 0.15) is 11.6 Å². The molecule has 0 aliphatic carbocycles. The van der Waals surface area contributed by atoms with Crippen LogP contribution < -0.4 is 5.32 Å². The van der Waals surface area contributed by atoms with Crippen molar-refractivity contribution in [2.45, 2.75) is 0 Å². The van der Waals surface area contributed by atoms with E-state index < -0.39 is 17.5 Å². The first-order valence-electron chi connectivity index (χ1n) is 4.98. The summed E-state index contributed by atoms with van der Waals surface area (Å²) >= 11 is 0. The van der Waals surface area contributed by atoms with Gasteiger partial charge in [-0.25, -0.2) is 8.78 Å². The van der Waals surface area contributed by atoms with Crippen LogP contribution in [0.15, 0.2) is 48.5 Å². The Morgan fingerprint density at radius 1 is 1.00 bits per heavy atom. The van der Waals surface area contributed by atoms with Gasteiger partial charge in [-0.15, -0.1) is 0 Å². The summed E-state index contributed by atoms with van der Waals surface area (Å²) < 4.78 is 26.1. The van der Waals surface area contributed by atoms with Crippen LogP contribution in [0.2, 0.25) is 0 Å². The maximum Gasteiger partial charge on any atom is 0.255 e. The third-order valence-corrected chi connectivity index (χ3v) is 2.21. The minimum Gasteiger partial charge on any atom is -0.319 e. The fourth-order valence-corrected chi connectivity index (χ4v) is 1.39. The largest absolute Gasteiger partial charge is 0.319 e. The first kappa shape index (κ1) is 11.3. The molecule has 0 aliphatic heterocycles. The van der Waals surface area contributed by atoms with Crippen LogP contribution in [-0.2, 0) is 0 Å². The van der Waals surface area contributed by atoms with Crippen molar-refractivity contribution in [3.63, 3.8) is 0 Å². The van der Waals surface area contributed by atoms with Gasteiger partial charge in [0.2, 0.25) is 0 Å². The van der Waals surface area contributed by atoms with Gasteiger partial charge in [0.25, 0.3) is 5.91 Å². The summed E-state index contributed by atoms with van der Waals surface area (Å²) in [7, 11) is 0. The van der Waals surface area contributed by atoms with Crippen molar-refractivity contribution in [1.29, 1.82) is 0 Å². The van der Waals surface area contributed by atoms with Crippen LogP contribution in [0.25, 0.3) is 0 Å². The lowest BCUT2D eigenvalue weighted by atomic mass is 10.2. The van der Waals surface area contributed by atoms with Gasteiger partial charge in [-0.1, -0.05) is 18.2 Å². The van der Waals surface area contributed by atoms with Gasteiger partial charge in [-0.2, -0.15) is 0 Å². The minimum atomic E-state index is -0.547. The molecule has 0 aromatic heterocycles. The summed E-state index contributed by atoms with van der Waals surface area (Å²) in [5.41, 5.74) is 0.218. The van der Waals surface area contributed by atoms with Gasteiger partial charge in [0.05, 0.1) is 5.69 Å². The van der Waals surface area contributed by atoms with E-state index >= 15 is 0 Å². The molecule has 17 heavy (non-hydrogen) atoms. The summed E-state index contributed by atoms with van der Waals surface area (Å²) in [6.07, 6.45) is 0. The summed E-state index contributed by atoms with van der Waals surface area (Å²) in [4.78, 5) is 11.7. The zero-order valence-electron chi connectivity index (χ0n) is 8.78. The summed E-state index contributed by atoms with van der Waals surface area (Å²) in [5.74, 6) is -1.59. The monoisotopic (exact) mass is 233 g/mol. The second-order valence-electron chi connectivity index (χ2n) is 3.44. The number of para-hydroxylation sites is 1. The van der Waals surface area contributed by atoms with Crippen molar-refractivity contribution in [3.8, 4) is 0 Å². The van der Waals surface area contributed by atoms with E-state index in [4.69, 9.17) is 0 Å². The quantitative estimate of drug-likeness (QED) is 0.847. The SMILES string of the molecule is O=C(Nc1ccccc1F)c1cccc(F)c1. The number of anilines is 1. The molecule has 0 heterocycles. The number of amides is 1. The Bertz CT molecular complexity index is 555. The van der Waals surface area contributed by atoms with Crippen molar-refractivity contribution in [3.05, 3.63) is 65.7 Å². The standard InChI is InChI=1S/C13H9F2NO/c14-10-5-3-4-9(8-10)13(17)16-12-7-2-1-6-11(12)15/h1-8H,(H,16,17). The lowest BCUT2D eigenvalue weighted by molar-refractivity contribution is 0.102. The molecule has 0 saturated heterocycles. The van der Waals surface area contributed by atoms with E-state index in [-0.39, 0.29) is 11.3 Å². The van der Waals surface area contributed by atoms with Crippen molar-refractivity contribution in [2.75, 3.05) is 5.32 Å². The molecule has 2 nitrogen and oxygen atoms in total. The van der Waals surface area contributed by atoms with E-state index in [1.165, 1.54) is 36.4 Å². The number of carbonyl (C=O) groups is 1. The molecule has 1 N–H and O–H groups in total. The third-order valence-electron chi connectivity index (χ3n) is 2.21. The van der Waals surface area contributed by atoms with E-state index in [1.807, 2.05) is 0 Å². The maximum atomic E-state index is 13.3. The van der Waals surface area contributed by atoms with Crippen molar-refractivity contribution in [1.82, 2.24) is 0 Å². The summed E-state index contributed by atoms with van der Waals surface area (Å²) in [6, 6.07) is 11.0. The van der Waals surface area contributed by atoms with Gasteiger partial charge in [-0.05, 0) is 30.3 Å². The Hall–Kier alpha value is -2.23. The lowest BCUT2D eigenvalue weighted by Crippen LogP contribution is -2.13. The summed E-state index contributed by atoms with van der Waals surface area (Å²) in [6.45, 7) is 0. The molecule has 1 amide bonds. The molecule has 0 unspecified atom stereocenters. The highest BCUT2D eigenvalue weighted by Gasteiger charge is 2.09. The molecule has 0 atom stereocenters. The van der Waals surface area contributed by atoms with Gasteiger partial charge in [-0.3, -0.25) is 4.79 Å². The Morgan fingerprint density at radius 3 is 2.47 bits per heavy atom. The first-order chi connectivity index (χ1) is 8.16. The molecule has 4 heteroatoms. The van der Waals surface area contributed by atoms with Crippen molar-refractivity contribution < 1.29 is 13.6 Å². The van der Waals surface area contributed by atoms with E-state index in [0.717, 1.165) is 6.07 Å². The van der Waals surface area contributed by atoms with E-state index in [9.17, 15) is 13.6 Å². The predicted octanol–water partition coefficient (Wildman–Crippen LogP) is 3.22.